The van der Waals surface area contributed by atoms with E-state index in [9.17, 15) is 19.2 Å². The largest absolute Gasteiger partial charge is 0.325 e. The molecule has 2 bridgehead atoms. The average molecular weight is 484 g/mol. The zero-order chi connectivity index (χ0) is 23.2. The van der Waals surface area contributed by atoms with E-state index in [4.69, 9.17) is 0 Å². The van der Waals surface area contributed by atoms with Crippen LogP contribution in [0.15, 0.2) is 34.1 Å². The highest BCUT2D eigenvalue weighted by atomic mass is 32.2. The molecule has 3 amide bonds. The van der Waals surface area contributed by atoms with Crippen molar-refractivity contribution in [2.75, 3.05) is 11.9 Å². The van der Waals surface area contributed by atoms with Crippen LogP contribution in [0.3, 0.4) is 0 Å². The Morgan fingerprint density at radius 2 is 1.91 bits per heavy atom. The molecule has 2 aliphatic heterocycles. The lowest BCUT2D eigenvalue weighted by atomic mass is 9.64. The smallest absolute Gasteiger partial charge is 0.305 e. The van der Waals surface area contributed by atoms with Crippen molar-refractivity contribution in [2.45, 2.75) is 42.9 Å². The first-order valence-corrected chi connectivity index (χ1v) is 13.0. The van der Waals surface area contributed by atoms with Crippen LogP contribution in [0.5, 0.6) is 0 Å². The lowest BCUT2D eigenvalue weighted by Crippen LogP contribution is -2.48. The standard InChI is InChI=1S/C24H25N3O4S2/c1-10-5-4-6-11(7-10)25-14(28)9-27-21(29)15-12-8-13(16(15)22(27)30)18-17(12)24(2,3)19-20(32-18)26-23(31)33-19/h4-7,12-13,15-18H,8-9H2,1-3H3,(H,25,28)(H,26,31)/t12-,13+,15-,16+,17-,18+/m0/s1. The molecule has 3 heterocycles. The van der Waals surface area contributed by atoms with Gasteiger partial charge in [-0.05, 0) is 48.8 Å². The van der Waals surface area contributed by atoms with Crippen LogP contribution < -0.4 is 10.2 Å². The molecule has 1 aromatic heterocycles. The van der Waals surface area contributed by atoms with Crippen LogP contribution in [0.2, 0.25) is 0 Å². The number of nitrogens with one attached hydrogen (secondary N) is 2. The molecule has 6 atom stereocenters. The Kier molecular flexibility index (Phi) is 4.52. The molecule has 33 heavy (non-hydrogen) atoms. The number of carbonyl (C=O) groups is 3. The van der Waals surface area contributed by atoms with Gasteiger partial charge in [-0.3, -0.25) is 24.1 Å². The van der Waals surface area contributed by atoms with Crippen molar-refractivity contribution in [3.63, 3.8) is 0 Å². The molecule has 9 heteroatoms. The molecule has 0 unspecified atom stereocenters. The predicted octanol–water partition coefficient (Wildman–Crippen LogP) is 3.00. The molecule has 0 spiro atoms. The number of fused-ring (bicyclic) bond motifs is 9. The maximum atomic E-state index is 13.4. The Labute approximate surface area is 199 Å². The van der Waals surface area contributed by atoms with E-state index in [0.717, 1.165) is 21.9 Å². The number of aromatic nitrogens is 1. The quantitative estimate of drug-likeness (QED) is 0.654. The minimum Gasteiger partial charge on any atom is -0.325 e. The average Bonchev–Trinajstić information content (AvgIpc) is 3.46. The van der Waals surface area contributed by atoms with E-state index in [1.807, 2.05) is 25.1 Å². The summed E-state index contributed by atoms with van der Waals surface area (Å²) in [5.74, 6) is -1.07. The van der Waals surface area contributed by atoms with E-state index < -0.39 is 0 Å². The number of carbonyl (C=O) groups excluding carboxylic acids is 3. The topological polar surface area (TPSA) is 99.3 Å². The van der Waals surface area contributed by atoms with Gasteiger partial charge >= 0.3 is 4.87 Å². The number of hydrogen-bond acceptors (Lipinski definition) is 6. The molecule has 3 fully saturated rings. The van der Waals surface area contributed by atoms with Gasteiger partial charge in [0.15, 0.2) is 0 Å². The molecule has 1 aromatic carbocycles. The highest BCUT2D eigenvalue weighted by Crippen LogP contribution is 2.68. The lowest BCUT2D eigenvalue weighted by Gasteiger charge is -2.47. The van der Waals surface area contributed by atoms with E-state index >= 15 is 0 Å². The van der Waals surface area contributed by atoms with Crippen molar-refractivity contribution in [3.8, 4) is 0 Å². The summed E-state index contributed by atoms with van der Waals surface area (Å²) in [6, 6.07) is 7.44. The Bertz CT molecular complexity index is 1260. The first-order valence-electron chi connectivity index (χ1n) is 11.3. The van der Waals surface area contributed by atoms with Gasteiger partial charge in [0.05, 0.1) is 16.9 Å². The van der Waals surface area contributed by atoms with E-state index in [0.29, 0.717) is 5.69 Å². The summed E-state index contributed by atoms with van der Waals surface area (Å²) < 4.78 is 0. The summed E-state index contributed by atoms with van der Waals surface area (Å²) in [5.41, 5.74) is 1.44. The van der Waals surface area contributed by atoms with Crippen molar-refractivity contribution in [3.05, 3.63) is 44.4 Å². The third-order valence-electron chi connectivity index (χ3n) is 8.09. The summed E-state index contributed by atoms with van der Waals surface area (Å²) in [5, 5.41) is 3.93. The first-order chi connectivity index (χ1) is 15.7. The normalized spacial score (nSPS) is 33.1. The number of anilines is 1. The summed E-state index contributed by atoms with van der Waals surface area (Å²) in [4.78, 5) is 56.7. The number of amides is 3. The van der Waals surface area contributed by atoms with Gasteiger partial charge in [-0.1, -0.05) is 37.3 Å². The minimum atomic E-state index is -0.360. The molecule has 172 valence electrons. The number of nitrogens with zero attached hydrogens (tertiary/aromatic N) is 1. The SMILES string of the molecule is Cc1cccc(NC(=O)CN2C(=O)[C@@H]3[C@H]4C[C@@H]([C@@H]3C2=O)[C@H]2[C@@H]4Sc3[nH]c(=O)sc3C2(C)C)c1. The number of aromatic amines is 1. The van der Waals surface area contributed by atoms with Gasteiger partial charge in [-0.2, -0.15) is 0 Å². The van der Waals surface area contributed by atoms with E-state index in [1.165, 1.54) is 16.2 Å². The van der Waals surface area contributed by atoms with Crippen LogP contribution in [0.1, 0.15) is 30.7 Å². The van der Waals surface area contributed by atoms with Crippen molar-refractivity contribution in [1.82, 2.24) is 9.88 Å². The van der Waals surface area contributed by atoms with Gasteiger partial charge in [0.1, 0.15) is 6.54 Å². The van der Waals surface area contributed by atoms with E-state index in [-0.39, 0.29) is 69.4 Å². The second-order valence-corrected chi connectivity index (χ2v) is 12.5. The van der Waals surface area contributed by atoms with Crippen LogP contribution in [0.4, 0.5) is 5.69 Å². The van der Waals surface area contributed by atoms with Crippen LogP contribution >= 0.6 is 23.1 Å². The van der Waals surface area contributed by atoms with Crippen molar-refractivity contribution in [1.29, 1.82) is 0 Å². The van der Waals surface area contributed by atoms with Crippen molar-refractivity contribution < 1.29 is 14.4 Å². The van der Waals surface area contributed by atoms with Gasteiger partial charge in [0, 0.05) is 21.2 Å². The highest BCUT2D eigenvalue weighted by molar-refractivity contribution is 8.00. The summed E-state index contributed by atoms with van der Waals surface area (Å²) in [6.07, 6.45) is 0.862. The Hall–Kier alpha value is -2.39. The molecule has 0 radical (unpaired) electrons. The molecule has 2 aromatic rings. The van der Waals surface area contributed by atoms with Gasteiger partial charge in [-0.25, -0.2) is 0 Å². The van der Waals surface area contributed by atoms with E-state index in [2.05, 4.69) is 24.1 Å². The van der Waals surface area contributed by atoms with Gasteiger partial charge in [-0.15, -0.1) is 11.8 Å². The Morgan fingerprint density at radius 3 is 2.64 bits per heavy atom. The van der Waals surface area contributed by atoms with Gasteiger partial charge in [0.25, 0.3) is 0 Å². The zero-order valence-corrected chi connectivity index (χ0v) is 20.2. The number of imide groups is 1. The van der Waals surface area contributed by atoms with Crippen LogP contribution in [-0.4, -0.2) is 39.4 Å². The van der Waals surface area contributed by atoms with Gasteiger partial charge < -0.3 is 10.3 Å². The number of thioether (sulfide) groups is 1. The summed E-state index contributed by atoms with van der Waals surface area (Å²) in [7, 11) is 0. The molecule has 2 N–H and O–H groups in total. The molecule has 2 aliphatic carbocycles. The zero-order valence-electron chi connectivity index (χ0n) is 18.6. The molecular formula is C24H25N3O4S2. The number of hydrogen-bond donors (Lipinski definition) is 2. The summed E-state index contributed by atoms with van der Waals surface area (Å²) >= 11 is 2.94. The molecule has 6 rings (SSSR count). The third kappa shape index (κ3) is 2.94. The second kappa shape index (κ2) is 7.06. The number of aryl methyl sites for hydroxylation is 1. The second-order valence-electron chi connectivity index (χ2n) is 10.3. The van der Waals surface area contributed by atoms with Crippen molar-refractivity contribution >= 4 is 46.5 Å². The van der Waals surface area contributed by atoms with Gasteiger partial charge in [0.2, 0.25) is 17.7 Å². The lowest BCUT2D eigenvalue weighted by molar-refractivity contribution is -0.143. The summed E-state index contributed by atoms with van der Waals surface area (Å²) in [6.45, 7) is 6.02. The van der Waals surface area contributed by atoms with E-state index in [1.54, 1.807) is 17.8 Å². The van der Waals surface area contributed by atoms with Crippen LogP contribution in [0, 0.1) is 36.5 Å². The number of thiazole rings is 1. The minimum absolute atomic E-state index is 0.0500. The predicted molar refractivity (Wildman–Crippen MR) is 126 cm³/mol. The molecular weight excluding hydrogens is 458 g/mol. The number of likely N-dealkylation sites (tertiary alicyclic amines) is 1. The molecule has 2 saturated carbocycles. The van der Waals surface area contributed by atoms with Crippen molar-refractivity contribution in [2.24, 2.45) is 29.6 Å². The third-order valence-corrected chi connectivity index (χ3v) is 10.9. The maximum Gasteiger partial charge on any atom is 0.305 e. The Morgan fingerprint density at radius 1 is 1.18 bits per heavy atom. The molecule has 4 aliphatic rings. The fourth-order valence-corrected chi connectivity index (χ4v) is 10.1. The number of H-pyrrole nitrogens is 1. The highest BCUT2D eigenvalue weighted by Gasteiger charge is 2.70. The Balaban J connectivity index is 1.26. The fourth-order valence-electron chi connectivity index (χ4n) is 6.94. The number of rotatable bonds is 3. The number of benzene rings is 1. The van der Waals surface area contributed by atoms with Crippen LogP contribution in [0.25, 0.3) is 0 Å². The molecule has 7 nitrogen and oxygen atoms in total. The fraction of sp³-hybridized carbons (Fsp3) is 0.500. The molecule has 1 saturated heterocycles. The maximum absolute atomic E-state index is 13.4. The monoisotopic (exact) mass is 483 g/mol. The van der Waals surface area contributed by atoms with Crippen LogP contribution in [-0.2, 0) is 19.8 Å². The first kappa shape index (κ1) is 21.2.